The summed E-state index contributed by atoms with van der Waals surface area (Å²) in [7, 11) is 0. The van der Waals surface area contributed by atoms with Crippen molar-refractivity contribution in [3.8, 4) is 0 Å². The standard InChI is InChI=1S/C11H23NOS/c1-2-3-7-13-8-4-6-12-11-5-9-14-10-11/h11-12H,2-10H2,1H3. The number of ether oxygens (including phenoxy) is 1. The van der Waals surface area contributed by atoms with Crippen molar-refractivity contribution in [3.63, 3.8) is 0 Å². The number of nitrogens with one attached hydrogen (secondary N) is 1. The minimum Gasteiger partial charge on any atom is -0.381 e. The fraction of sp³-hybridized carbons (Fsp3) is 1.00. The highest BCUT2D eigenvalue weighted by Crippen LogP contribution is 2.16. The smallest absolute Gasteiger partial charge is 0.0478 e. The van der Waals surface area contributed by atoms with E-state index < -0.39 is 0 Å². The highest BCUT2D eigenvalue weighted by molar-refractivity contribution is 7.99. The predicted octanol–water partition coefficient (Wildman–Crippen LogP) is 2.29. The molecule has 0 amide bonds. The molecule has 3 heteroatoms. The second-order valence-corrected chi connectivity index (χ2v) is 4.98. The Balaban J connectivity index is 1.75. The van der Waals surface area contributed by atoms with Crippen LogP contribution in [0, 0.1) is 0 Å². The maximum atomic E-state index is 5.49. The third-order valence-electron chi connectivity index (χ3n) is 2.47. The molecule has 1 aliphatic heterocycles. The summed E-state index contributed by atoms with van der Waals surface area (Å²) in [5.41, 5.74) is 0. The molecule has 0 aromatic carbocycles. The molecule has 1 N–H and O–H groups in total. The number of thioether (sulfide) groups is 1. The average Bonchev–Trinajstić information content (AvgIpc) is 2.69. The third kappa shape index (κ3) is 5.89. The van der Waals surface area contributed by atoms with Crippen molar-refractivity contribution in [3.05, 3.63) is 0 Å². The molecule has 0 aliphatic carbocycles. The lowest BCUT2D eigenvalue weighted by atomic mass is 10.2. The predicted molar refractivity (Wildman–Crippen MR) is 64.1 cm³/mol. The lowest BCUT2D eigenvalue weighted by Gasteiger charge is -2.10. The normalized spacial score (nSPS) is 21.6. The van der Waals surface area contributed by atoms with Gasteiger partial charge in [0.05, 0.1) is 0 Å². The zero-order chi connectivity index (χ0) is 10.1. The molecule has 0 radical (unpaired) electrons. The van der Waals surface area contributed by atoms with Gasteiger partial charge in [-0.2, -0.15) is 11.8 Å². The van der Waals surface area contributed by atoms with Gasteiger partial charge in [-0.1, -0.05) is 13.3 Å². The quantitative estimate of drug-likeness (QED) is 0.630. The molecule has 0 saturated carbocycles. The van der Waals surface area contributed by atoms with Crippen LogP contribution in [-0.4, -0.2) is 37.3 Å². The highest BCUT2D eigenvalue weighted by atomic mass is 32.2. The van der Waals surface area contributed by atoms with Gasteiger partial charge in [0.2, 0.25) is 0 Å². The van der Waals surface area contributed by atoms with Crippen LogP contribution in [0.2, 0.25) is 0 Å². The largest absolute Gasteiger partial charge is 0.381 e. The highest BCUT2D eigenvalue weighted by Gasteiger charge is 2.13. The molecule has 1 rings (SSSR count). The first-order chi connectivity index (χ1) is 6.93. The van der Waals surface area contributed by atoms with Crippen molar-refractivity contribution in [1.82, 2.24) is 5.32 Å². The molecular formula is C11H23NOS. The van der Waals surface area contributed by atoms with Gasteiger partial charge in [-0.15, -0.1) is 0 Å². The molecular weight excluding hydrogens is 194 g/mol. The molecule has 0 aromatic rings. The van der Waals surface area contributed by atoms with Crippen LogP contribution in [-0.2, 0) is 4.74 Å². The summed E-state index contributed by atoms with van der Waals surface area (Å²) >= 11 is 2.06. The monoisotopic (exact) mass is 217 g/mol. The van der Waals surface area contributed by atoms with Gasteiger partial charge >= 0.3 is 0 Å². The van der Waals surface area contributed by atoms with E-state index in [1.807, 2.05) is 0 Å². The molecule has 84 valence electrons. The molecule has 1 fully saturated rings. The van der Waals surface area contributed by atoms with Crippen LogP contribution in [0.25, 0.3) is 0 Å². The number of rotatable bonds is 8. The third-order valence-corrected chi connectivity index (χ3v) is 3.63. The maximum absolute atomic E-state index is 5.49. The van der Waals surface area contributed by atoms with E-state index in [1.54, 1.807) is 0 Å². The van der Waals surface area contributed by atoms with E-state index >= 15 is 0 Å². The van der Waals surface area contributed by atoms with Gasteiger partial charge < -0.3 is 10.1 Å². The van der Waals surface area contributed by atoms with E-state index in [0.29, 0.717) is 0 Å². The lowest BCUT2D eigenvalue weighted by molar-refractivity contribution is 0.128. The zero-order valence-corrected chi connectivity index (χ0v) is 10.1. The Labute approximate surface area is 92.2 Å². The number of hydrogen-bond donors (Lipinski definition) is 1. The van der Waals surface area contributed by atoms with Crippen LogP contribution >= 0.6 is 11.8 Å². The minimum absolute atomic E-state index is 0.774. The molecule has 1 aliphatic rings. The van der Waals surface area contributed by atoms with Crippen molar-refractivity contribution < 1.29 is 4.74 Å². The van der Waals surface area contributed by atoms with E-state index in [9.17, 15) is 0 Å². The summed E-state index contributed by atoms with van der Waals surface area (Å²) in [6.45, 7) is 5.18. The second-order valence-electron chi connectivity index (χ2n) is 3.83. The van der Waals surface area contributed by atoms with Crippen LogP contribution in [0.1, 0.15) is 32.6 Å². The Morgan fingerprint density at radius 2 is 2.21 bits per heavy atom. The first-order valence-corrected chi connectivity index (χ1v) is 6.98. The second kappa shape index (κ2) is 8.57. The van der Waals surface area contributed by atoms with Gasteiger partial charge in [0.25, 0.3) is 0 Å². The molecule has 0 spiro atoms. The van der Waals surface area contributed by atoms with E-state index in [0.717, 1.165) is 32.2 Å². The van der Waals surface area contributed by atoms with E-state index in [4.69, 9.17) is 4.74 Å². The summed E-state index contributed by atoms with van der Waals surface area (Å²) in [5.74, 6) is 2.64. The molecule has 14 heavy (non-hydrogen) atoms. The average molecular weight is 217 g/mol. The Kier molecular flexibility index (Phi) is 7.55. The van der Waals surface area contributed by atoms with E-state index in [1.165, 1.54) is 30.8 Å². The molecule has 1 saturated heterocycles. The topological polar surface area (TPSA) is 21.3 Å². The Hall–Kier alpha value is 0.270. The molecule has 0 aromatic heterocycles. The zero-order valence-electron chi connectivity index (χ0n) is 9.26. The summed E-state index contributed by atoms with van der Waals surface area (Å²) < 4.78 is 5.49. The molecule has 1 atom stereocenters. The van der Waals surface area contributed by atoms with Crippen LogP contribution in [0.5, 0.6) is 0 Å². The maximum Gasteiger partial charge on any atom is 0.0478 e. The van der Waals surface area contributed by atoms with Crippen LogP contribution in [0.4, 0.5) is 0 Å². The lowest BCUT2D eigenvalue weighted by Crippen LogP contribution is -2.30. The number of unbranched alkanes of at least 4 members (excludes halogenated alkanes) is 1. The van der Waals surface area contributed by atoms with Crippen LogP contribution in [0.3, 0.4) is 0 Å². The molecule has 2 nitrogen and oxygen atoms in total. The number of hydrogen-bond acceptors (Lipinski definition) is 3. The SMILES string of the molecule is CCCCOCCCNC1CCSC1. The summed E-state index contributed by atoms with van der Waals surface area (Å²) in [6, 6.07) is 0.774. The molecule has 1 heterocycles. The summed E-state index contributed by atoms with van der Waals surface area (Å²) in [5, 5.41) is 3.57. The van der Waals surface area contributed by atoms with Gasteiger partial charge in [0.1, 0.15) is 0 Å². The van der Waals surface area contributed by atoms with Crippen molar-refractivity contribution in [2.75, 3.05) is 31.3 Å². The first-order valence-electron chi connectivity index (χ1n) is 5.82. The van der Waals surface area contributed by atoms with Gasteiger partial charge in [0, 0.05) is 25.0 Å². The fourth-order valence-electron chi connectivity index (χ4n) is 1.52. The van der Waals surface area contributed by atoms with Gasteiger partial charge in [-0.25, -0.2) is 0 Å². The Morgan fingerprint density at radius 1 is 1.36 bits per heavy atom. The Bertz CT molecular complexity index is 126. The first kappa shape index (κ1) is 12.3. The Morgan fingerprint density at radius 3 is 2.93 bits per heavy atom. The van der Waals surface area contributed by atoms with Crippen molar-refractivity contribution in [2.45, 2.75) is 38.6 Å². The van der Waals surface area contributed by atoms with Crippen LogP contribution < -0.4 is 5.32 Å². The van der Waals surface area contributed by atoms with Crippen LogP contribution in [0.15, 0.2) is 0 Å². The van der Waals surface area contributed by atoms with E-state index in [-0.39, 0.29) is 0 Å². The fourth-order valence-corrected chi connectivity index (χ4v) is 2.71. The van der Waals surface area contributed by atoms with E-state index in [2.05, 4.69) is 24.0 Å². The molecule has 0 bridgehead atoms. The van der Waals surface area contributed by atoms with Crippen molar-refractivity contribution >= 4 is 11.8 Å². The van der Waals surface area contributed by atoms with Crippen molar-refractivity contribution in [1.29, 1.82) is 0 Å². The van der Waals surface area contributed by atoms with Gasteiger partial charge in [0.15, 0.2) is 0 Å². The van der Waals surface area contributed by atoms with Gasteiger partial charge in [-0.05, 0) is 31.6 Å². The summed E-state index contributed by atoms with van der Waals surface area (Å²) in [6.07, 6.45) is 4.94. The van der Waals surface area contributed by atoms with Crippen molar-refractivity contribution in [2.24, 2.45) is 0 Å². The minimum atomic E-state index is 0.774. The van der Waals surface area contributed by atoms with Gasteiger partial charge in [-0.3, -0.25) is 0 Å². The molecule has 1 unspecified atom stereocenters. The summed E-state index contributed by atoms with van der Waals surface area (Å²) in [4.78, 5) is 0.